The highest BCUT2D eigenvalue weighted by Gasteiger charge is 2.04. The van der Waals surface area contributed by atoms with Crippen molar-refractivity contribution in [3.05, 3.63) is 34.7 Å². The number of benzene rings is 1. The Morgan fingerprint density at radius 1 is 1.38 bits per heavy atom. The van der Waals surface area contributed by atoms with Gasteiger partial charge in [-0.15, -0.1) is 0 Å². The third-order valence-corrected chi connectivity index (χ3v) is 2.17. The molecule has 0 N–H and O–H groups in total. The summed E-state index contributed by atoms with van der Waals surface area (Å²) in [5, 5.41) is 0.807. The normalized spacial score (nSPS) is 10.5. The van der Waals surface area contributed by atoms with Crippen molar-refractivity contribution < 1.29 is 4.74 Å². The summed E-state index contributed by atoms with van der Waals surface area (Å²) < 4.78 is 5.12. The number of halogens is 1. The van der Waals surface area contributed by atoms with Crippen LogP contribution in [0.15, 0.2) is 18.2 Å². The molecular weight excluding hydrogens is 184 g/mol. The van der Waals surface area contributed by atoms with E-state index in [0.717, 1.165) is 22.8 Å². The summed E-state index contributed by atoms with van der Waals surface area (Å²) in [7, 11) is 1.66. The van der Waals surface area contributed by atoms with E-state index in [-0.39, 0.29) is 0 Å². The zero-order chi connectivity index (χ0) is 9.84. The van der Waals surface area contributed by atoms with E-state index in [2.05, 4.69) is 13.8 Å². The quantitative estimate of drug-likeness (QED) is 0.721. The molecule has 0 saturated carbocycles. The maximum Gasteiger partial charge on any atom is 0.119 e. The molecule has 0 aliphatic carbocycles. The molecule has 1 rings (SSSR count). The topological polar surface area (TPSA) is 9.23 Å². The molecule has 0 bridgehead atoms. The standard InChI is InChI=1S/C11H14ClO/c1-8(2)6-9-7-10(13-3)4-5-11(9)12/h4-5,7H,6H2,1-3H3. The minimum Gasteiger partial charge on any atom is -0.497 e. The van der Waals surface area contributed by atoms with E-state index in [1.54, 1.807) is 7.11 Å². The van der Waals surface area contributed by atoms with Crippen LogP contribution in [0.5, 0.6) is 5.75 Å². The van der Waals surface area contributed by atoms with E-state index < -0.39 is 0 Å². The lowest BCUT2D eigenvalue weighted by atomic mass is 10.0. The van der Waals surface area contributed by atoms with E-state index in [0.29, 0.717) is 0 Å². The van der Waals surface area contributed by atoms with Crippen LogP contribution in [-0.2, 0) is 6.42 Å². The first-order chi connectivity index (χ1) is 6.13. The van der Waals surface area contributed by atoms with E-state index in [1.165, 1.54) is 5.92 Å². The largest absolute Gasteiger partial charge is 0.497 e. The monoisotopic (exact) mass is 197 g/mol. The van der Waals surface area contributed by atoms with E-state index in [9.17, 15) is 0 Å². The minimum absolute atomic E-state index is 0.807. The number of ether oxygens (including phenoxy) is 1. The second kappa shape index (κ2) is 4.52. The van der Waals surface area contributed by atoms with Crippen LogP contribution in [0.3, 0.4) is 0 Å². The Labute approximate surface area is 84.7 Å². The van der Waals surface area contributed by atoms with Crippen LogP contribution < -0.4 is 4.74 Å². The van der Waals surface area contributed by atoms with Crippen molar-refractivity contribution in [1.82, 2.24) is 0 Å². The Hall–Kier alpha value is -0.690. The smallest absolute Gasteiger partial charge is 0.119 e. The highest BCUT2D eigenvalue weighted by molar-refractivity contribution is 6.31. The zero-order valence-electron chi connectivity index (χ0n) is 8.23. The molecule has 0 atom stereocenters. The SMILES string of the molecule is COc1ccc(Cl)c(C[C](C)C)c1. The fourth-order valence-electron chi connectivity index (χ4n) is 1.19. The highest BCUT2D eigenvalue weighted by atomic mass is 35.5. The van der Waals surface area contributed by atoms with Gasteiger partial charge in [-0.1, -0.05) is 25.4 Å². The lowest BCUT2D eigenvalue weighted by Crippen LogP contribution is -1.94. The molecule has 0 fully saturated rings. The predicted octanol–water partition coefficient (Wildman–Crippen LogP) is 3.51. The summed E-state index contributed by atoms with van der Waals surface area (Å²) in [4.78, 5) is 0. The summed E-state index contributed by atoms with van der Waals surface area (Å²) in [6.45, 7) is 4.19. The van der Waals surface area contributed by atoms with Gasteiger partial charge < -0.3 is 4.74 Å². The van der Waals surface area contributed by atoms with Gasteiger partial charge in [0.15, 0.2) is 0 Å². The van der Waals surface area contributed by atoms with Crippen LogP contribution in [0, 0.1) is 5.92 Å². The van der Waals surface area contributed by atoms with Gasteiger partial charge in [0, 0.05) is 5.02 Å². The molecule has 1 aromatic rings. The summed E-state index contributed by atoms with van der Waals surface area (Å²) >= 11 is 6.03. The number of rotatable bonds is 3. The fraction of sp³-hybridized carbons (Fsp3) is 0.364. The van der Waals surface area contributed by atoms with Gasteiger partial charge in [0.25, 0.3) is 0 Å². The van der Waals surface area contributed by atoms with Gasteiger partial charge in [-0.25, -0.2) is 0 Å². The molecule has 0 saturated heterocycles. The Morgan fingerprint density at radius 2 is 2.08 bits per heavy atom. The van der Waals surface area contributed by atoms with Crippen LogP contribution in [0.25, 0.3) is 0 Å². The highest BCUT2D eigenvalue weighted by Crippen LogP contribution is 2.24. The number of methoxy groups -OCH3 is 1. The molecular formula is C11H14ClO. The fourth-order valence-corrected chi connectivity index (χ4v) is 1.38. The molecule has 1 aromatic carbocycles. The van der Waals surface area contributed by atoms with Gasteiger partial charge in [0.1, 0.15) is 5.75 Å². The van der Waals surface area contributed by atoms with Crippen molar-refractivity contribution in [2.24, 2.45) is 0 Å². The molecule has 0 amide bonds. The second-order valence-corrected chi connectivity index (χ2v) is 3.75. The van der Waals surface area contributed by atoms with Crippen LogP contribution in [0.2, 0.25) is 5.02 Å². The molecule has 0 aromatic heterocycles. The number of hydrogen-bond acceptors (Lipinski definition) is 1. The first kappa shape index (κ1) is 10.4. The van der Waals surface area contributed by atoms with Crippen LogP contribution in [0.1, 0.15) is 19.4 Å². The zero-order valence-corrected chi connectivity index (χ0v) is 8.98. The molecule has 1 radical (unpaired) electrons. The molecule has 1 nitrogen and oxygen atoms in total. The Bertz CT molecular complexity index is 281. The summed E-state index contributed by atoms with van der Waals surface area (Å²) in [6.07, 6.45) is 0.913. The van der Waals surface area contributed by atoms with Gasteiger partial charge in [-0.3, -0.25) is 0 Å². The first-order valence-corrected chi connectivity index (χ1v) is 4.62. The van der Waals surface area contributed by atoms with Gasteiger partial charge >= 0.3 is 0 Å². The number of hydrogen-bond donors (Lipinski definition) is 0. The lowest BCUT2D eigenvalue weighted by molar-refractivity contribution is 0.414. The van der Waals surface area contributed by atoms with Crippen molar-refractivity contribution in [3.63, 3.8) is 0 Å². The van der Waals surface area contributed by atoms with Gasteiger partial charge in [0.2, 0.25) is 0 Å². The van der Waals surface area contributed by atoms with Gasteiger partial charge in [-0.05, 0) is 36.1 Å². The van der Waals surface area contributed by atoms with Crippen molar-refractivity contribution in [3.8, 4) is 5.75 Å². The van der Waals surface area contributed by atoms with Crippen LogP contribution in [-0.4, -0.2) is 7.11 Å². The Kier molecular flexibility index (Phi) is 3.61. The maximum absolute atomic E-state index is 6.03. The first-order valence-electron chi connectivity index (χ1n) is 4.25. The van der Waals surface area contributed by atoms with Crippen molar-refractivity contribution in [2.75, 3.05) is 7.11 Å². The van der Waals surface area contributed by atoms with Crippen molar-refractivity contribution >= 4 is 11.6 Å². The Morgan fingerprint density at radius 3 is 2.62 bits per heavy atom. The Balaban J connectivity index is 2.90. The molecule has 0 aliphatic heterocycles. The summed E-state index contributed by atoms with van der Waals surface area (Å²) in [5.74, 6) is 2.20. The molecule has 0 unspecified atom stereocenters. The second-order valence-electron chi connectivity index (χ2n) is 3.34. The minimum atomic E-state index is 0.807. The van der Waals surface area contributed by atoms with E-state index in [1.807, 2.05) is 18.2 Å². The van der Waals surface area contributed by atoms with Crippen molar-refractivity contribution in [1.29, 1.82) is 0 Å². The molecule has 0 aliphatic rings. The van der Waals surface area contributed by atoms with Crippen LogP contribution in [0.4, 0.5) is 0 Å². The third-order valence-electron chi connectivity index (χ3n) is 1.80. The van der Waals surface area contributed by atoms with Gasteiger partial charge in [-0.2, -0.15) is 0 Å². The van der Waals surface area contributed by atoms with E-state index in [4.69, 9.17) is 16.3 Å². The lowest BCUT2D eigenvalue weighted by Gasteiger charge is -2.08. The molecule has 0 heterocycles. The molecule has 0 spiro atoms. The molecule has 13 heavy (non-hydrogen) atoms. The predicted molar refractivity (Wildman–Crippen MR) is 56.3 cm³/mol. The van der Waals surface area contributed by atoms with Gasteiger partial charge in [0.05, 0.1) is 7.11 Å². The average molecular weight is 198 g/mol. The molecule has 2 heteroatoms. The van der Waals surface area contributed by atoms with E-state index >= 15 is 0 Å². The average Bonchev–Trinajstić information content (AvgIpc) is 2.08. The summed E-state index contributed by atoms with van der Waals surface area (Å²) in [5.41, 5.74) is 1.13. The maximum atomic E-state index is 6.03. The molecule has 71 valence electrons. The third kappa shape index (κ3) is 2.92. The summed E-state index contributed by atoms with van der Waals surface area (Å²) in [6, 6.07) is 5.73. The van der Waals surface area contributed by atoms with Crippen molar-refractivity contribution in [2.45, 2.75) is 20.3 Å². The van der Waals surface area contributed by atoms with Crippen LogP contribution >= 0.6 is 11.6 Å².